The van der Waals surface area contributed by atoms with E-state index in [-0.39, 0.29) is 24.3 Å². The van der Waals surface area contributed by atoms with Crippen LogP contribution in [0.5, 0.6) is 11.5 Å². The topological polar surface area (TPSA) is 65.0 Å². The predicted octanol–water partition coefficient (Wildman–Crippen LogP) is 8.65. The number of aryl methyl sites for hydroxylation is 2. The van der Waals surface area contributed by atoms with Gasteiger partial charge in [-0.2, -0.15) is 0 Å². The van der Waals surface area contributed by atoms with Crippen LogP contribution in [0.4, 0.5) is 0 Å². The Morgan fingerprint density at radius 2 is 1.95 bits per heavy atom. The van der Waals surface area contributed by atoms with Crippen LogP contribution in [-0.2, 0) is 20.0 Å². The third-order valence-corrected chi connectivity index (χ3v) is 9.21. The van der Waals surface area contributed by atoms with Crippen molar-refractivity contribution in [2.24, 2.45) is 0 Å². The fourth-order valence-corrected chi connectivity index (χ4v) is 7.28. The zero-order valence-electron chi connectivity index (χ0n) is 21.6. The van der Waals surface area contributed by atoms with Crippen LogP contribution in [0.25, 0.3) is 0 Å². The lowest BCUT2D eigenvalue weighted by molar-refractivity contribution is 0.0725. The third-order valence-electron chi connectivity index (χ3n) is 7.38. The summed E-state index contributed by atoms with van der Waals surface area (Å²) in [5.74, 6) is 1.57. The molecule has 1 fully saturated rings. The van der Waals surface area contributed by atoms with Crippen molar-refractivity contribution in [3.8, 4) is 11.5 Å². The molecule has 196 valence electrons. The molecule has 0 spiro atoms. The normalized spacial score (nSPS) is 23.6. The summed E-state index contributed by atoms with van der Waals surface area (Å²) in [6.45, 7) is 6.65. The van der Waals surface area contributed by atoms with Gasteiger partial charge in [-0.3, -0.25) is 9.09 Å². The van der Waals surface area contributed by atoms with Crippen LogP contribution in [-0.4, -0.2) is 18.1 Å². The van der Waals surface area contributed by atoms with Crippen LogP contribution >= 0.6 is 19.2 Å². The molecule has 0 saturated carbocycles. The van der Waals surface area contributed by atoms with E-state index in [2.05, 4.69) is 32.9 Å². The van der Waals surface area contributed by atoms with Gasteiger partial charge in [0, 0.05) is 17.4 Å². The van der Waals surface area contributed by atoms with E-state index in [9.17, 15) is 9.67 Å². The number of hydrogen-bond donors (Lipinski definition) is 1. The lowest BCUT2D eigenvalue weighted by Crippen LogP contribution is -2.18. The average Bonchev–Trinajstić information content (AvgIpc) is 2.87. The molecule has 3 aromatic carbocycles. The average molecular weight is 541 g/mol. The van der Waals surface area contributed by atoms with Crippen LogP contribution in [0.2, 0.25) is 5.02 Å². The Morgan fingerprint density at radius 1 is 1.11 bits per heavy atom. The number of aromatic hydroxyl groups is 1. The van der Waals surface area contributed by atoms with Gasteiger partial charge in [0.05, 0.1) is 12.7 Å². The molecule has 0 radical (unpaired) electrons. The predicted molar refractivity (Wildman–Crippen MR) is 147 cm³/mol. The van der Waals surface area contributed by atoms with Gasteiger partial charge in [0.15, 0.2) is 6.35 Å². The van der Waals surface area contributed by atoms with Gasteiger partial charge in [-0.05, 0) is 95.8 Å². The highest BCUT2D eigenvalue weighted by atomic mass is 35.5. The van der Waals surface area contributed by atoms with Gasteiger partial charge in [-0.15, -0.1) is 0 Å². The fourth-order valence-electron chi connectivity index (χ4n) is 5.58. The molecule has 1 heterocycles. The second-order valence-corrected chi connectivity index (χ2v) is 12.8. The Kier molecular flexibility index (Phi) is 7.70. The van der Waals surface area contributed by atoms with Crippen LogP contribution in [0.3, 0.4) is 0 Å². The molecule has 1 aliphatic carbocycles. The van der Waals surface area contributed by atoms with Gasteiger partial charge in [0.2, 0.25) is 0 Å². The van der Waals surface area contributed by atoms with E-state index in [0.29, 0.717) is 29.5 Å². The van der Waals surface area contributed by atoms with Crippen molar-refractivity contribution >= 4 is 19.2 Å². The number of fused-ring (bicyclic) bond motifs is 1. The number of halogens is 1. The van der Waals surface area contributed by atoms with Crippen molar-refractivity contribution in [2.75, 3.05) is 13.0 Å². The van der Waals surface area contributed by atoms with E-state index < -0.39 is 7.60 Å². The Labute approximate surface area is 224 Å². The number of phenols is 1. The Bertz CT molecular complexity index is 1340. The lowest BCUT2D eigenvalue weighted by atomic mass is 9.76. The fraction of sp³-hybridized carbons (Fsp3) is 0.400. The highest BCUT2D eigenvalue weighted by Gasteiger charge is 2.35. The maximum absolute atomic E-state index is 13.4. The standard InChI is InChI=1S/C30H34ClO5P/c1-19(2)27-17-21(10-11-28(27)32)26-9-5-7-23-16-25(14-20(3)30(23)26)34-18-37(33)35-13-12-29(36-37)22-6-4-8-24(31)15-22/h4,6,8,10-11,14-17,19,26,29,32H,5,7,9,12-13,18H2,1-3H3/t26?,29-,37?/m0/s1. The lowest BCUT2D eigenvalue weighted by Gasteiger charge is -2.31. The number of rotatable bonds is 6. The minimum Gasteiger partial charge on any atom is -0.508 e. The van der Waals surface area contributed by atoms with Gasteiger partial charge >= 0.3 is 7.60 Å². The molecule has 37 heavy (non-hydrogen) atoms. The van der Waals surface area contributed by atoms with E-state index >= 15 is 0 Å². The van der Waals surface area contributed by atoms with E-state index in [1.54, 1.807) is 6.07 Å². The molecule has 0 amide bonds. The van der Waals surface area contributed by atoms with Crippen molar-refractivity contribution in [3.05, 3.63) is 93.0 Å². The second kappa shape index (κ2) is 10.8. The molecule has 2 unspecified atom stereocenters. The monoisotopic (exact) mass is 540 g/mol. The van der Waals surface area contributed by atoms with E-state index in [1.165, 1.54) is 16.7 Å². The van der Waals surface area contributed by atoms with Crippen molar-refractivity contribution in [3.63, 3.8) is 0 Å². The Morgan fingerprint density at radius 3 is 2.73 bits per heavy atom. The molecule has 0 bridgehead atoms. The van der Waals surface area contributed by atoms with Gasteiger partial charge in [0.25, 0.3) is 0 Å². The van der Waals surface area contributed by atoms with Gasteiger partial charge in [-0.25, -0.2) is 0 Å². The molecule has 5 rings (SSSR count). The number of phenolic OH excluding ortho intramolecular Hbond substituents is 1. The summed E-state index contributed by atoms with van der Waals surface area (Å²) in [7, 11) is -3.43. The minimum absolute atomic E-state index is 0.137. The van der Waals surface area contributed by atoms with Crippen molar-refractivity contribution in [1.82, 2.24) is 0 Å². The van der Waals surface area contributed by atoms with E-state index in [4.69, 9.17) is 25.4 Å². The first-order valence-corrected chi connectivity index (χ1v) is 15.1. The SMILES string of the molecule is Cc1cc(OCP2(=O)OCC[C@@H](c3cccc(Cl)c3)O2)cc2c1C(c1ccc(O)c(C(C)C)c1)CCC2. The molecule has 1 aliphatic heterocycles. The summed E-state index contributed by atoms with van der Waals surface area (Å²) in [6.07, 6.45) is 3.25. The summed E-state index contributed by atoms with van der Waals surface area (Å²) in [5.41, 5.74) is 6.84. The first-order chi connectivity index (χ1) is 17.7. The first kappa shape index (κ1) is 26.3. The maximum atomic E-state index is 13.4. The summed E-state index contributed by atoms with van der Waals surface area (Å²) in [6, 6.07) is 17.6. The quantitative estimate of drug-likeness (QED) is 0.317. The first-order valence-electron chi connectivity index (χ1n) is 13.0. The van der Waals surface area contributed by atoms with Crippen LogP contribution in [0.15, 0.2) is 54.6 Å². The molecule has 3 atom stereocenters. The minimum atomic E-state index is -3.43. The summed E-state index contributed by atoms with van der Waals surface area (Å²) in [4.78, 5) is 0. The zero-order valence-corrected chi connectivity index (χ0v) is 23.2. The molecule has 3 aromatic rings. The van der Waals surface area contributed by atoms with Gasteiger partial charge in [-0.1, -0.05) is 49.7 Å². The van der Waals surface area contributed by atoms with Crippen LogP contribution in [0.1, 0.15) is 84.4 Å². The van der Waals surface area contributed by atoms with Gasteiger partial charge in [0.1, 0.15) is 11.5 Å². The highest BCUT2D eigenvalue weighted by Crippen LogP contribution is 2.56. The second-order valence-electron chi connectivity index (χ2n) is 10.4. The smallest absolute Gasteiger partial charge is 0.368 e. The summed E-state index contributed by atoms with van der Waals surface area (Å²) < 4.78 is 30.9. The maximum Gasteiger partial charge on any atom is 0.368 e. The van der Waals surface area contributed by atoms with E-state index in [0.717, 1.165) is 36.0 Å². The van der Waals surface area contributed by atoms with Gasteiger partial charge < -0.3 is 14.4 Å². The Balaban J connectivity index is 1.34. The number of ether oxygens (including phenoxy) is 1. The number of benzene rings is 3. The third kappa shape index (κ3) is 5.76. The van der Waals surface area contributed by atoms with Crippen LogP contribution in [0, 0.1) is 6.92 Å². The number of hydrogen-bond acceptors (Lipinski definition) is 5. The molecule has 0 aromatic heterocycles. The van der Waals surface area contributed by atoms with E-state index in [1.807, 2.05) is 36.4 Å². The molecule has 1 saturated heterocycles. The zero-order chi connectivity index (χ0) is 26.2. The Hall–Kier alpha value is -2.30. The molecular formula is C30H34ClO5P. The molecule has 7 heteroatoms. The van der Waals surface area contributed by atoms with Crippen molar-refractivity contribution in [1.29, 1.82) is 0 Å². The van der Waals surface area contributed by atoms with Crippen molar-refractivity contribution < 1.29 is 23.5 Å². The van der Waals surface area contributed by atoms with Crippen molar-refractivity contribution in [2.45, 2.75) is 64.4 Å². The van der Waals surface area contributed by atoms with Crippen LogP contribution < -0.4 is 4.74 Å². The molecule has 1 N–H and O–H groups in total. The molecule has 5 nitrogen and oxygen atoms in total. The summed E-state index contributed by atoms with van der Waals surface area (Å²) in [5, 5.41) is 10.9. The highest BCUT2D eigenvalue weighted by molar-refractivity contribution is 7.53. The summed E-state index contributed by atoms with van der Waals surface area (Å²) >= 11 is 6.14. The molecular weight excluding hydrogens is 507 g/mol. The largest absolute Gasteiger partial charge is 0.508 e. The molecule has 2 aliphatic rings.